The molecule has 3 saturated carbocycles. The highest BCUT2D eigenvalue weighted by Crippen LogP contribution is 2.67. The number of halogens is 1. The quantitative estimate of drug-likeness (QED) is 0.725. The zero-order valence-electron chi connectivity index (χ0n) is 16.9. The van der Waals surface area contributed by atoms with Crippen LogP contribution in [0.15, 0.2) is 23.8 Å². The third kappa shape index (κ3) is 2.28. The highest BCUT2D eigenvalue weighted by molar-refractivity contribution is 6.01. The number of Topliss-reactive ketones (excluding diaryl/α,β-unsaturated/α-hetero) is 1. The Morgan fingerprint density at radius 1 is 1.33 bits per heavy atom. The van der Waals surface area contributed by atoms with Gasteiger partial charge in [-0.3, -0.25) is 9.59 Å². The molecule has 3 fully saturated rings. The van der Waals surface area contributed by atoms with Gasteiger partial charge in [0.05, 0.1) is 5.60 Å². The van der Waals surface area contributed by atoms with Gasteiger partial charge in [-0.15, -0.1) is 0 Å². The maximum absolute atomic E-state index is 16.8. The van der Waals surface area contributed by atoms with E-state index in [0.717, 1.165) is 24.8 Å². The lowest BCUT2D eigenvalue weighted by Gasteiger charge is -2.60. The highest BCUT2D eigenvalue weighted by Gasteiger charge is 2.69. The van der Waals surface area contributed by atoms with Crippen molar-refractivity contribution in [2.75, 3.05) is 7.11 Å². The molecule has 0 aromatic heterocycles. The van der Waals surface area contributed by atoms with Crippen LogP contribution >= 0.6 is 0 Å². The molecule has 0 spiro atoms. The normalized spacial score (nSPS) is 48.5. The van der Waals surface area contributed by atoms with Crippen molar-refractivity contribution in [2.45, 2.75) is 70.6 Å². The lowest BCUT2D eigenvalue weighted by Crippen LogP contribution is -2.63. The largest absolute Gasteiger partial charge is 0.377 e. The average Bonchev–Trinajstić information content (AvgIpc) is 2.95. The summed E-state index contributed by atoms with van der Waals surface area (Å²) < 4.78 is 22.9. The van der Waals surface area contributed by atoms with Crippen molar-refractivity contribution < 1.29 is 18.7 Å². The van der Waals surface area contributed by atoms with Crippen molar-refractivity contribution in [3.63, 3.8) is 0 Å². The zero-order chi connectivity index (χ0) is 19.6. The fraction of sp³-hybridized carbons (Fsp3) is 0.739. The molecule has 0 bridgehead atoms. The third-order valence-electron chi connectivity index (χ3n) is 8.53. The van der Waals surface area contributed by atoms with Crippen LogP contribution in [0.25, 0.3) is 0 Å². The van der Waals surface area contributed by atoms with E-state index in [4.69, 9.17) is 4.74 Å². The van der Waals surface area contributed by atoms with Gasteiger partial charge in [-0.25, -0.2) is 4.39 Å². The van der Waals surface area contributed by atoms with Crippen molar-refractivity contribution in [3.05, 3.63) is 23.8 Å². The second-order valence-electron chi connectivity index (χ2n) is 9.39. The van der Waals surface area contributed by atoms with Crippen LogP contribution in [0.2, 0.25) is 0 Å². The van der Waals surface area contributed by atoms with E-state index in [9.17, 15) is 9.59 Å². The summed E-state index contributed by atoms with van der Waals surface area (Å²) in [6.07, 6.45) is 8.79. The Bertz CT molecular complexity index is 740. The second kappa shape index (κ2) is 6.10. The van der Waals surface area contributed by atoms with Gasteiger partial charge in [0.2, 0.25) is 0 Å². The number of carbonyl (C=O) groups excluding carboxylic acids is 2. The van der Waals surface area contributed by atoms with Gasteiger partial charge in [-0.2, -0.15) is 0 Å². The summed E-state index contributed by atoms with van der Waals surface area (Å²) in [5.41, 5.74) is -1.70. The first kappa shape index (κ1) is 19.0. The standard InChI is InChI=1S/C23H31FO3/c1-5-19(26)20-14(2)12-18-17-7-6-15-13-16(25)8-9-21(15,3)23(17,24)11-10-22(18,20)27-4/h8-9,13-14,17-18,20H,5-7,10-12H2,1-4H3/t14-,17+,18+,20?,21+,22+,23-/m1/s1. The van der Waals surface area contributed by atoms with Gasteiger partial charge in [0.1, 0.15) is 11.5 Å². The third-order valence-corrected chi connectivity index (χ3v) is 8.53. The van der Waals surface area contributed by atoms with Gasteiger partial charge in [-0.1, -0.05) is 25.5 Å². The average molecular weight is 374 g/mol. The minimum absolute atomic E-state index is 0.0327. The Hall–Kier alpha value is -1.29. The van der Waals surface area contributed by atoms with Gasteiger partial charge < -0.3 is 4.74 Å². The molecule has 0 N–H and O–H groups in total. The van der Waals surface area contributed by atoms with Crippen LogP contribution in [0.1, 0.15) is 59.3 Å². The number of allylic oxidation sites excluding steroid dienone is 4. The van der Waals surface area contributed by atoms with Gasteiger partial charge >= 0.3 is 0 Å². The number of ketones is 2. The molecule has 7 atom stereocenters. The smallest absolute Gasteiger partial charge is 0.178 e. The van der Waals surface area contributed by atoms with Crippen LogP contribution in [0.5, 0.6) is 0 Å². The fourth-order valence-electron chi connectivity index (χ4n) is 7.21. The number of fused-ring (bicyclic) bond motifs is 5. The van der Waals surface area contributed by atoms with Crippen LogP contribution in [0, 0.1) is 29.1 Å². The Morgan fingerprint density at radius 2 is 2.07 bits per heavy atom. The fourth-order valence-corrected chi connectivity index (χ4v) is 7.21. The number of carbonyl (C=O) groups is 2. The van der Waals surface area contributed by atoms with E-state index in [0.29, 0.717) is 19.3 Å². The molecular weight excluding hydrogens is 343 g/mol. The number of alkyl halides is 1. The van der Waals surface area contributed by atoms with Gasteiger partial charge in [0.15, 0.2) is 5.78 Å². The molecule has 27 heavy (non-hydrogen) atoms. The molecule has 4 heteroatoms. The molecule has 1 unspecified atom stereocenters. The number of hydrogen-bond donors (Lipinski definition) is 0. The number of ether oxygens (including phenoxy) is 1. The van der Waals surface area contributed by atoms with Crippen molar-refractivity contribution in [1.29, 1.82) is 0 Å². The molecule has 0 radical (unpaired) electrons. The number of hydrogen-bond acceptors (Lipinski definition) is 3. The molecule has 148 valence electrons. The maximum atomic E-state index is 16.8. The van der Waals surface area contributed by atoms with E-state index in [-0.39, 0.29) is 35.2 Å². The number of rotatable bonds is 3. The summed E-state index contributed by atoms with van der Waals surface area (Å²) in [4.78, 5) is 24.6. The minimum Gasteiger partial charge on any atom is -0.377 e. The van der Waals surface area contributed by atoms with E-state index in [1.54, 1.807) is 13.2 Å². The highest BCUT2D eigenvalue weighted by atomic mass is 19.1. The zero-order valence-corrected chi connectivity index (χ0v) is 16.9. The van der Waals surface area contributed by atoms with Gasteiger partial charge in [-0.05, 0) is 63.0 Å². The Kier molecular flexibility index (Phi) is 4.30. The molecule has 0 aromatic carbocycles. The van der Waals surface area contributed by atoms with Crippen LogP contribution in [-0.2, 0) is 14.3 Å². The SMILES string of the molecule is CCC(=O)C1[C@H](C)C[C@H]2[C@@H]3CCC4=CC(=O)C=C[C@]4(C)[C@@]3(F)CC[C@@]12OC. The Labute approximate surface area is 161 Å². The molecule has 4 aliphatic rings. The summed E-state index contributed by atoms with van der Waals surface area (Å²) in [5, 5.41) is 0. The molecule has 0 saturated heterocycles. The van der Waals surface area contributed by atoms with Crippen molar-refractivity contribution in [1.82, 2.24) is 0 Å². The monoisotopic (exact) mass is 374 g/mol. The first-order valence-corrected chi connectivity index (χ1v) is 10.4. The predicted molar refractivity (Wildman–Crippen MR) is 102 cm³/mol. The lowest BCUT2D eigenvalue weighted by molar-refractivity contribution is -0.186. The van der Waals surface area contributed by atoms with Crippen LogP contribution < -0.4 is 0 Å². The molecule has 4 rings (SSSR count). The first-order chi connectivity index (χ1) is 12.7. The summed E-state index contributed by atoms with van der Waals surface area (Å²) in [5.74, 6) is 0.233. The predicted octanol–water partition coefficient (Wildman–Crippen LogP) is 4.61. The van der Waals surface area contributed by atoms with E-state index >= 15 is 4.39 Å². The summed E-state index contributed by atoms with van der Waals surface area (Å²) >= 11 is 0. The molecular formula is C23H31FO3. The van der Waals surface area contributed by atoms with Crippen LogP contribution in [0.4, 0.5) is 4.39 Å². The lowest BCUT2D eigenvalue weighted by atomic mass is 9.48. The first-order valence-electron chi connectivity index (χ1n) is 10.4. The molecule has 0 heterocycles. The molecule has 0 aromatic rings. The second-order valence-corrected chi connectivity index (χ2v) is 9.39. The topological polar surface area (TPSA) is 43.4 Å². The Morgan fingerprint density at radius 3 is 2.74 bits per heavy atom. The summed E-state index contributed by atoms with van der Waals surface area (Å²) in [6.45, 7) is 6.00. The molecule has 4 aliphatic carbocycles. The maximum Gasteiger partial charge on any atom is 0.178 e. The molecule has 3 nitrogen and oxygen atoms in total. The van der Waals surface area contributed by atoms with E-state index in [1.165, 1.54) is 6.08 Å². The van der Waals surface area contributed by atoms with Gasteiger partial charge in [0, 0.05) is 30.8 Å². The summed E-state index contributed by atoms with van der Waals surface area (Å²) in [6, 6.07) is 0. The van der Waals surface area contributed by atoms with Gasteiger partial charge in [0.25, 0.3) is 0 Å². The van der Waals surface area contributed by atoms with E-state index < -0.39 is 16.7 Å². The summed E-state index contributed by atoms with van der Waals surface area (Å²) in [7, 11) is 1.71. The van der Waals surface area contributed by atoms with Crippen molar-refractivity contribution >= 4 is 11.6 Å². The van der Waals surface area contributed by atoms with Crippen LogP contribution in [-0.4, -0.2) is 29.9 Å². The van der Waals surface area contributed by atoms with E-state index in [2.05, 4.69) is 6.92 Å². The number of methoxy groups -OCH3 is 1. The van der Waals surface area contributed by atoms with E-state index in [1.807, 2.05) is 19.9 Å². The van der Waals surface area contributed by atoms with Crippen molar-refractivity contribution in [3.8, 4) is 0 Å². The van der Waals surface area contributed by atoms with Crippen LogP contribution in [0.3, 0.4) is 0 Å². The van der Waals surface area contributed by atoms with Crippen molar-refractivity contribution in [2.24, 2.45) is 29.1 Å². The Balaban J connectivity index is 1.77. The molecule has 0 amide bonds. The molecule has 0 aliphatic heterocycles. The minimum atomic E-state index is -1.38.